The highest BCUT2D eigenvalue weighted by atomic mass is 32.2. The standard InChI is InChI=1S/C17H15N3O2S/c1-12(23-15-5-3-2-4-6-15)17(21)19-14-9-7-13(8-10-14)16-18-11-22-20-16/h2-12H,1H3,(H,19,21). The second-order valence-corrected chi connectivity index (χ2v) is 6.31. The lowest BCUT2D eigenvalue weighted by molar-refractivity contribution is -0.115. The van der Waals surface area contributed by atoms with Crippen LogP contribution in [0.5, 0.6) is 0 Å². The van der Waals surface area contributed by atoms with E-state index in [1.807, 2.05) is 61.5 Å². The van der Waals surface area contributed by atoms with Gasteiger partial charge in [-0.3, -0.25) is 4.79 Å². The topological polar surface area (TPSA) is 68.0 Å². The van der Waals surface area contributed by atoms with Gasteiger partial charge in [0.15, 0.2) is 0 Å². The zero-order valence-corrected chi connectivity index (χ0v) is 13.3. The lowest BCUT2D eigenvalue weighted by Crippen LogP contribution is -2.22. The normalized spacial score (nSPS) is 11.9. The van der Waals surface area contributed by atoms with E-state index in [0.717, 1.165) is 16.1 Å². The third-order valence-electron chi connectivity index (χ3n) is 3.20. The van der Waals surface area contributed by atoms with Gasteiger partial charge in [-0.15, -0.1) is 11.8 Å². The average Bonchev–Trinajstić information content (AvgIpc) is 3.11. The predicted molar refractivity (Wildman–Crippen MR) is 90.1 cm³/mol. The molecule has 1 heterocycles. The lowest BCUT2D eigenvalue weighted by atomic mass is 10.2. The van der Waals surface area contributed by atoms with E-state index < -0.39 is 0 Å². The van der Waals surface area contributed by atoms with Crippen LogP contribution in [0.3, 0.4) is 0 Å². The molecule has 0 fully saturated rings. The number of nitrogens with zero attached hydrogens (tertiary/aromatic N) is 2. The quantitative estimate of drug-likeness (QED) is 0.722. The first-order valence-electron chi connectivity index (χ1n) is 7.12. The van der Waals surface area contributed by atoms with Gasteiger partial charge in [-0.1, -0.05) is 23.4 Å². The molecule has 0 spiro atoms. The highest BCUT2D eigenvalue weighted by Crippen LogP contribution is 2.24. The van der Waals surface area contributed by atoms with Gasteiger partial charge in [-0.05, 0) is 43.3 Å². The molecule has 0 aliphatic rings. The second kappa shape index (κ2) is 7.11. The van der Waals surface area contributed by atoms with Crippen LogP contribution in [0.25, 0.3) is 11.4 Å². The predicted octanol–water partition coefficient (Wildman–Crippen LogP) is 3.86. The van der Waals surface area contributed by atoms with Gasteiger partial charge in [0, 0.05) is 16.1 Å². The van der Waals surface area contributed by atoms with E-state index in [1.165, 1.54) is 18.2 Å². The van der Waals surface area contributed by atoms with Crippen LogP contribution in [-0.2, 0) is 4.79 Å². The van der Waals surface area contributed by atoms with E-state index in [4.69, 9.17) is 4.52 Å². The molecule has 23 heavy (non-hydrogen) atoms. The number of aromatic nitrogens is 2. The summed E-state index contributed by atoms with van der Waals surface area (Å²) in [5, 5.41) is 6.50. The summed E-state index contributed by atoms with van der Waals surface area (Å²) in [5.41, 5.74) is 1.58. The molecule has 1 aromatic heterocycles. The molecule has 1 atom stereocenters. The largest absolute Gasteiger partial charge is 0.342 e. The molecule has 3 aromatic rings. The molecule has 0 aliphatic carbocycles. The summed E-state index contributed by atoms with van der Waals surface area (Å²) in [4.78, 5) is 17.3. The maximum atomic E-state index is 12.3. The minimum Gasteiger partial charge on any atom is -0.342 e. The molecule has 1 N–H and O–H groups in total. The number of hydrogen-bond donors (Lipinski definition) is 1. The van der Waals surface area contributed by atoms with Gasteiger partial charge in [0.25, 0.3) is 0 Å². The Labute approximate surface area is 138 Å². The number of anilines is 1. The molecule has 116 valence electrons. The second-order valence-electron chi connectivity index (χ2n) is 4.89. The number of benzene rings is 2. The molecule has 0 radical (unpaired) electrons. The molecular weight excluding hydrogens is 310 g/mol. The SMILES string of the molecule is CC(Sc1ccccc1)C(=O)Nc1ccc(-c2ncon2)cc1. The fourth-order valence-corrected chi connectivity index (χ4v) is 2.89. The van der Waals surface area contributed by atoms with Gasteiger partial charge in [0.05, 0.1) is 5.25 Å². The molecule has 1 unspecified atom stereocenters. The number of thioether (sulfide) groups is 1. The Bertz CT molecular complexity index is 758. The van der Waals surface area contributed by atoms with Crippen LogP contribution in [0.4, 0.5) is 5.69 Å². The summed E-state index contributed by atoms with van der Waals surface area (Å²) in [7, 11) is 0. The van der Waals surface area contributed by atoms with Gasteiger partial charge in [0.2, 0.25) is 18.1 Å². The summed E-state index contributed by atoms with van der Waals surface area (Å²) in [6.45, 7) is 1.89. The molecule has 0 bridgehead atoms. The van der Waals surface area contributed by atoms with Gasteiger partial charge >= 0.3 is 0 Å². The van der Waals surface area contributed by atoms with Crippen molar-refractivity contribution < 1.29 is 9.32 Å². The van der Waals surface area contributed by atoms with E-state index in [-0.39, 0.29) is 11.2 Å². The zero-order valence-electron chi connectivity index (χ0n) is 12.5. The average molecular weight is 325 g/mol. The first-order valence-corrected chi connectivity index (χ1v) is 8.00. The summed E-state index contributed by atoms with van der Waals surface area (Å²) in [5.74, 6) is 0.488. The van der Waals surface area contributed by atoms with Gasteiger partial charge < -0.3 is 9.84 Å². The Kier molecular flexibility index (Phi) is 4.73. The van der Waals surface area contributed by atoms with Crippen LogP contribution < -0.4 is 5.32 Å². The van der Waals surface area contributed by atoms with E-state index in [1.54, 1.807) is 0 Å². The van der Waals surface area contributed by atoms with Gasteiger partial charge in [0.1, 0.15) is 0 Å². The van der Waals surface area contributed by atoms with E-state index in [2.05, 4.69) is 15.5 Å². The first kappa shape index (κ1) is 15.3. The molecule has 5 nitrogen and oxygen atoms in total. The lowest BCUT2D eigenvalue weighted by Gasteiger charge is -2.12. The van der Waals surface area contributed by atoms with Crippen LogP contribution in [0.15, 0.2) is 70.4 Å². The number of rotatable bonds is 5. The minimum atomic E-state index is -0.186. The molecule has 0 aliphatic heterocycles. The number of amides is 1. The van der Waals surface area contributed by atoms with Crippen LogP contribution in [0.1, 0.15) is 6.92 Å². The highest BCUT2D eigenvalue weighted by molar-refractivity contribution is 8.00. The summed E-state index contributed by atoms with van der Waals surface area (Å²) < 4.78 is 4.72. The van der Waals surface area contributed by atoms with Gasteiger partial charge in [-0.2, -0.15) is 4.98 Å². The Balaban J connectivity index is 1.61. The van der Waals surface area contributed by atoms with Crippen molar-refractivity contribution in [2.45, 2.75) is 17.1 Å². The van der Waals surface area contributed by atoms with Crippen molar-refractivity contribution in [3.05, 3.63) is 61.0 Å². The monoisotopic (exact) mass is 325 g/mol. The van der Waals surface area contributed by atoms with Crippen LogP contribution in [0.2, 0.25) is 0 Å². The van der Waals surface area contributed by atoms with Crippen LogP contribution in [0, 0.1) is 0 Å². The zero-order chi connectivity index (χ0) is 16.1. The maximum absolute atomic E-state index is 12.3. The Morgan fingerprint density at radius 2 is 1.87 bits per heavy atom. The van der Waals surface area contributed by atoms with Crippen molar-refractivity contribution in [3.8, 4) is 11.4 Å². The number of carbonyl (C=O) groups excluding carboxylic acids is 1. The van der Waals surface area contributed by atoms with Crippen LogP contribution >= 0.6 is 11.8 Å². The highest BCUT2D eigenvalue weighted by Gasteiger charge is 2.14. The smallest absolute Gasteiger partial charge is 0.237 e. The molecular formula is C17H15N3O2S. The molecule has 1 amide bonds. The van der Waals surface area contributed by atoms with Crippen molar-refractivity contribution in [1.82, 2.24) is 10.1 Å². The Hall–Kier alpha value is -2.60. The molecule has 0 saturated carbocycles. The van der Waals surface area contributed by atoms with E-state index in [0.29, 0.717) is 5.82 Å². The molecule has 3 rings (SSSR count). The molecule has 0 saturated heterocycles. The molecule has 2 aromatic carbocycles. The number of nitrogens with one attached hydrogen (secondary N) is 1. The van der Waals surface area contributed by atoms with Crippen molar-refractivity contribution in [2.24, 2.45) is 0 Å². The van der Waals surface area contributed by atoms with Gasteiger partial charge in [-0.25, -0.2) is 0 Å². The van der Waals surface area contributed by atoms with E-state index in [9.17, 15) is 4.79 Å². The first-order chi connectivity index (χ1) is 11.2. The third-order valence-corrected chi connectivity index (χ3v) is 4.31. The van der Waals surface area contributed by atoms with Crippen molar-refractivity contribution in [3.63, 3.8) is 0 Å². The Morgan fingerprint density at radius 1 is 1.13 bits per heavy atom. The van der Waals surface area contributed by atoms with Crippen LogP contribution in [-0.4, -0.2) is 21.3 Å². The summed E-state index contributed by atoms with van der Waals surface area (Å²) in [6, 6.07) is 17.2. The van der Waals surface area contributed by atoms with Crippen molar-refractivity contribution in [2.75, 3.05) is 5.32 Å². The van der Waals surface area contributed by atoms with Crippen molar-refractivity contribution >= 4 is 23.4 Å². The minimum absolute atomic E-state index is 0.0360. The van der Waals surface area contributed by atoms with Crippen molar-refractivity contribution in [1.29, 1.82) is 0 Å². The fourth-order valence-electron chi connectivity index (χ4n) is 2.00. The third kappa shape index (κ3) is 3.98. The maximum Gasteiger partial charge on any atom is 0.237 e. The van der Waals surface area contributed by atoms with E-state index >= 15 is 0 Å². The fraction of sp³-hybridized carbons (Fsp3) is 0.118. The number of carbonyl (C=O) groups is 1. The molecule has 6 heteroatoms. The summed E-state index contributed by atoms with van der Waals surface area (Å²) in [6.07, 6.45) is 1.29. The Morgan fingerprint density at radius 3 is 2.52 bits per heavy atom. The number of hydrogen-bond acceptors (Lipinski definition) is 5. The summed E-state index contributed by atoms with van der Waals surface area (Å²) >= 11 is 1.53.